The third-order valence-electron chi connectivity index (χ3n) is 4.30. The van der Waals surface area contributed by atoms with E-state index in [1.807, 2.05) is 13.0 Å². The quantitative estimate of drug-likeness (QED) is 0.467. The molecule has 4 aromatic rings. The van der Waals surface area contributed by atoms with E-state index in [9.17, 15) is 4.79 Å². The summed E-state index contributed by atoms with van der Waals surface area (Å²) >= 11 is 6.24. The van der Waals surface area contributed by atoms with Gasteiger partial charge in [-0.2, -0.15) is 9.78 Å². The maximum absolute atomic E-state index is 12.8. The van der Waals surface area contributed by atoms with Crippen LogP contribution in [-0.2, 0) is 9.53 Å². The number of carbonyl (C=O) groups excluding carboxylic acids is 1. The molecule has 0 saturated carbocycles. The Morgan fingerprint density at radius 3 is 2.81 bits per heavy atom. The molecule has 1 unspecified atom stereocenters. The Labute approximate surface area is 182 Å². The number of fused-ring (bicyclic) bond motifs is 1. The normalized spacial score (nSPS) is 12.0. The number of rotatable bonds is 7. The summed E-state index contributed by atoms with van der Waals surface area (Å²) in [5, 5.41) is 7.93. The zero-order valence-corrected chi connectivity index (χ0v) is 17.4. The van der Waals surface area contributed by atoms with Crippen LogP contribution in [0.4, 0.5) is 5.82 Å². The fraction of sp³-hybridized carbons (Fsp3) is 0.200. The van der Waals surface area contributed by atoms with Crippen molar-refractivity contribution in [2.24, 2.45) is 0 Å². The predicted octanol–water partition coefficient (Wildman–Crippen LogP) is 2.60. The van der Waals surface area contributed by atoms with Crippen LogP contribution in [0.1, 0.15) is 5.56 Å². The van der Waals surface area contributed by atoms with Crippen molar-refractivity contribution in [2.45, 2.75) is 13.0 Å². The Kier molecular flexibility index (Phi) is 6.01. The fourth-order valence-corrected chi connectivity index (χ4v) is 3.00. The molecule has 0 fully saturated rings. The number of pyridine rings is 2. The van der Waals surface area contributed by atoms with E-state index < -0.39 is 12.0 Å². The van der Waals surface area contributed by atoms with Crippen LogP contribution in [0.15, 0.2) is 49.2 Å². The Bertz CT molecular complexity index is 1210. The highest BCUT2D eigenvalue weighted by Crippen LogP contribution is 2.26. The van der Waals surface area contributed by atoms with Gasteiger partial charge in [-0.25, -0.2) is 19.9 Å². The molecule has 0 aromatic carbocycles. The van der Waals surface area contributed by atoms with Crippen LogP contribution in [-0.4, -0.2) is 55.4 Å². The maximum Gasteiger partial charge on any atom is 0.269 e. The second kappa shape index (κ2) is 9.02. The van der Waals surface area contributed by atoms with Gasteiger partial charge in [0.15, 0.2) is 11.5 Å². The van der Waals surface area contributed by atoms with Gasteiger partial charge < -0.3 is 14.8 Å². The molecule has 0 saturated heterocycles. The molecule has 158 valence electrons. The van der Waals surface area contributed by atoms with Crippen LogP contribution in [0, 0.1) is 6.92 Å². The zero-order chi connectivity index (χ0) is 21.8. The number of carbonyl (C=O) groups is 1. The monoisotopic (exact) mass is 439 g/mol. The van der Waals surface area contributed by atoms with Crippen molar-refractivity contribution in [3.8, 4) is 11.7 Å². The third kappa shape index (κ3) is 4.44. The average molecular weight is 440 g/mol. The van der Waals surface area contributed by atoms with Crippen molar-refractivity contribution in [2.75, 3.05) is 19.0 Å². The minimum atomic E-state index is -0.979. The summed E-state index contributed by atoms with van der Waals surface area (Å²) in [6.45, 7) is 1.91. The molecule has 1 amide bonds. The Morgan fingerprint density at radius 1 is 1.19 bits per heavy atom. The van der Waals surface area contributed by atoms with Gasteiger partial charge in [-0.3, -0.25) is 4.79 Å². The number of aryl methyl sites for hydroxylation is 1. The van der Waals surface area contributed by atoms with Gasteiger partial charge in [0.05, 0.1) is 17.8 Å². The Morgan fingerprint density at radius 2 is 2.06 bits per heavy atom. The molecular weight excluding hydrogens is 422 g/mol. The minimum Gasteiger partial charge on any atom is -0.461 e. The van der Waals surface area contributed by atoms with Gasteiger partial charge in [0.25, 0.3) is 5.91 Å². The van der Waals surface area contributed by atoms with Crippen molar-refractivity contribution >= 4 is 34.4 Å². The van der Waals surface area contributed by atoms with Crippen LogP contribution in [0.25, 0.3) is 16.9 Å². The highest BCUT2D eigenvalue weighted by molar-refractivity contribution is 6.32. The molecule has 0 bridgehead atoms. The first-order valence-electron chi connectivity index (χ1n) is 9.25. The number of methoxy groups -OCH3 is 1. The number of nitrogens with one attached hydrogen (secondary N) is 1. The van der Waals surface area contributed by atoms with Gasteiger partial charge in [-0.15, -0.1) is 0 Å². The second-order valence-electron chi connectivity index (χ2n) is 6.55. The van der Waals surface area contributed by atoms with E-state index in [1.54, 1.807) is 30.6 Å². The molecule has 4 rings (SSSR count). The Balaban J connectivity index is 1.62. The highest BCUT2D eigenvalue weighted by atomic mass is 35.5. The number of anilines is 1. The first-order valence-corrected chi connectivity index (χ1v) is 9.63. The van der Waals surface area contributed by atoms with E-state index in [0.29, 0.717) is 27.7 Å². The summed E-state index contributed by atoms with van der Waals surface area (Å²) in [6, 6.07) is 6.98. The summed E-state index contributed by atoms with van der Waals surface area (Å²) in [5.74, 6) is 0.577. The van der Waals surface area contributed by atoms with E-state index >= 15 is 0 Å². The molecule has 4 heterocycles. The van der Waals surface area contributed by atoms with Crippen LogP contribution < -0.4 is 10.1 Å². The maximum atomic E-state index is 12.8. The van der Waals surface area contributed by atoms with Gasteiger partial charge in [-0.1, -0.05) is 17.7 Å². The molecule has 0 aliphatic heterocycles. The van der Waals surface area contributed by atoms with Gasteiger partial charge in [0.1, 0.15) is 17.5 Å². The lowest BCUT2D eigenvalue weighted by Gasteiger charge is -2.17. The lowest BCUT2D eigenvalue weighted by atomic mass is 10.3. The smallest absolute Gasteiger partial charge is 0.269 e. The summed E-state index contributed by atoms with van der Waals surface area (Å²) in [4.78, 5) is 29.6. The molecule has 0 aliphatic rings. The first-order chi connectivity index (χ1) is 15.1. The number of ether oxygens (including phenoxy) is 2. The number of amides is 1. The largest absolute Gasteiger partial charge is 0.461 e. The van der Waals surface area contributed by atoms with E-state index in [-0.39, 0.29) is 12.5 Å². The highest BCUT2D eigenvalue weighted by Gasteiger charge is 2.24. The molecule has 1 atom stereocenters. The van der Waals surface area contributed by atoms with Crippen molar-refractivity contribution < 1.29 is 14.3 Å². The van der Waals surface area contributed by atoms with Gasteiger partial charge in [-0.05, 0) is 30.7 Å². The second-order valence-corrected chi connectivity index (χ2v) is 6.96. The standard InChI is InChI=1S/C20H18ClN7O3/c1-12-5-6-16(23-8-12)27-19(29)15(10-30-2)31-20-13-9-26-28(17(13)24-11-25-20)18-14(21)4-3-7-22-18/h3-9,11,15H,10H2,1-2H3,(H,23,27,29). The summed E-state index contributed by atoms with van der Waals surface area (Å²) in [6.07, 6.45) is 5.13. The summed E-state index contributed by atoms with van der Waals surface area (Å²) in [5.41, 5.74) is 1.42. The molecule has 0 aliphatic carbocycles. The number of halogens is 1. The van der Waals surface area contributed by atoms with Gasteiger partial charge in [0, 0.05) is 19.5 Å². The zero-order valence-electron chi connectivity index (χ0n) is 16.7. The van der Waals surface area contributed by atoms with Crippen molar-refractivity contribution in [3.05, 3.63) is 59.8 Å². The number of nitrogens with zero attached hydrogens (tertiary/aromatic N) is 6. The van der Waals surface area contributed by atoms with E-state index in [2.05, 4.69) is 30.4 Å². The summed E-state index contributed by atoms with van der Waals surface area (Å²) in [7, 11) is 1.48. The van der Waals surface area contributed by atoms with E-state index in [0.717, 1.165) is 5.56 Å². The summed E-state index contributed by atoms with van der Waals surface area (Å²) < 4.78 is 12.5. The Hall–Kier alpha value is -3.63. The van der Waals surface area contributed by atoms with Crippen LogP contribution >= 0.6 is 11.6 Å². The lowest BCUT2D eigenvalue weighted by molar-refractivity contribution is -0.125. The van der Waals surface area contributed by atoms with Gasteiger partial charge in [0.2, 0.25) is 12.0 Å². The SMILES string of the molecule is COCC(Oc1ncnc2c1cnn2-c1ncccc1Cl)C(=O)Nc1ccc(C)cn1. The molecular formula is C20H18ClN7O3. The first kappa shape index (κ1) is 20.6. The van der Waals surface area contributed by atoms with Gasteiger partial charge >= 0.3 is 0 Å². The van der Waals surface area contributed by atoms with Crippen LogP contribution in [0.2, 0.25) is 5.02 Å². The van der Waals surface area contributed by atoms with E-state index in [1.165, 1.54) is 24.3 Å². The molecule has 11 heteroatoms. The molecule has 4 aromatic heterocycles. The number of aromatic nitrogens is 6. The average Bonchev–Trinajstić information content (AvgIpc) is 3.20. The van der Waals surface area contributed by atoms with Crippen molar-refractivity contribution in [3.63, 3.8) is 0 Å². The molecule has 0 spiro atoms. The van der Waals surface area contributed by atoms with Crippen LogP contribution in [0.3, 0.4) is 0 Å². The van der Waals surface area contributed by atoms with Crippen LogP contribution in [0.5, 0.6) is 5.88 Å². The molecule has 0 radical (unpaired) electrons. The number of hydrogen-bond donors (Lipinski definition) is 1. The molecule has 31 heavy (non-hydrogen) atoms. The topological polar surface area (TPSA) is 117 Å². The van der Waals surface area contributed by atoms with Crippen molar-refractivity contribution in [1.82, 2.24) is 29.7 Å². The van der Waals surface area contributed by atoms with E-state index in [4.69, 9.17) is 21.1 Å². The fourth-order valence-electron chi connectivity index (χ4n) is 2.80. The minimum absolute atomic E-state index is 0.00337. The molecule has 10 nitrogen and oxygen atoms in total. The predicted molar refractivity (Wildman–Crippen MR) is 113 cm³/mol. The van der Waals surface area contributed by atoms with Crippen molar-refractivity contribution in [1.29, 1.82) is 0 Å². The third-order valence-corrected chi connectivity index (χ3v) is 4.59. The molecule has 1 N–H and O–H groups in total. The number of hydrogen-bond acceptors (Lipinski definition) is 8. The lowest BCUT2D eigenvalue weighted by Crippen LogP contribution is -2.37.